The SMILES string of the molecule is c1ccc(-c2cccc(-c3nnc(-c4cccc(-c5ccccc5)n4)o3)n2)cc1. The van der Waals surface area contributed by atoms with Gasteiger partial charge in [0.05, 0.1) is 11.4 Å². The van der Waals surface area contributed by atoms with E-state index in [0.717, 1.165) is 22.5 Å². The maximum atomic E-state index is 5.89. The van der Waals surface area contributed by atoms with Crippen molar-refractivity contribution in [2.24, 2.45) is 0 Å². The molecule has 0 saturated carbocycles. The van der Waals surface area contributed by atoms with Crippen molar-refractivity contribution in [1.82, 2.24) is 20.2 Å². The summed E-state index contributed by atoms with van der Waals surface area (Å²) in [4.78, 5) is 9.34. The first-order valence-electron chi connectivity index (χ1n) is 9.26. The first-order valence-corrected chi connectivity index (χ1v) is 9.26. The molecule has 0 radical (unpaired) electrons. The minimum absolute atomic E-state index is 0.365. The van der Waals surface area contributed by atoms with Crippen LogP contribution in [0, 0.1) is 0 Å². The second kappa shape index (κ2) is 7.48. The molecule has 29 heavy (non-hydrogen) atoms. The predicted molar refractivity (Wildman–Crippen MR) is 112 cm³/mol. The van der Waals surface area contributed by atoms with Crippen LogP contribution in [-0.2, 0) is 0 Å². The van der Waals surface area contributed by atoms with Crippen molar-refractivity contribution in [2.75, 3.05) is 0 Å². The van der Waals surface area contributed by atoms with E-state index in [9.17, 15) is 0 Å². The van der Waals surface area contributed by atoms with Crippen molar-refractivity contribution >= 4 is 0 Å². The minimum Gasteiger partial charge on any atom is -0.413 e. The van der Waals surface area contributed by atoms with Crippen LogP contribution >= 0.6 is 0 Å². The molecular weight excluding hydrogens is 360 g/mol. The summed E-state index contributed by atoms with van der Waals surface area (Å²) in [7, 11) is 0. The van der Waals surface area contributed by atoms with E-state index in [2.05, 4.69) is 20.2 Å². The average Bonchev–Trinajstić information content (AvgIpc) is 3.31. The van der Waals surface area contributed by atoms with Crippen LogP contribution in [0.1, 0.15) is 0 Å². The van der Waals surface area contributed by atoms with Gasteiger partial charge in [-0.2, -0.15) is 0 Å². The van der Waals surface area contributed by atoms with E-state index in [1.165, 1.54) is 0 Å². The summed E-state index contributed by atoms with van der Waals surface area (Å²) in [6, 6.07) is 31.5. The number of hydrogen-bond acceptors (Lipinski definition) is 5. The molecule has 0 aliphatic carbocycles. The topological polar surface area (TPSA) is 64.7 Å². The van der Waals surface area contributed by atoms with Gasteiger partial charge in [-0.05, 0) is 24.3 Å². The van der Waals surface area contributed by atoms with Gasteiger partial charge in [-0.25, -0.2) is 9.97 Å². The number of pyridine rings is 2. The van der Waals surface area contributed by atoms with Crippen molar-refractivity contribution in [1.29, 1.82) is 0 Å². The number of rotatable bonds is 4. The van der Waals surface area contributed by atoms with Gasteiger partial charge in [-0.3, -0.25) is 0 Å². The molecule has 5 heteroatoms. The van der Waals surface area contributed by atoms with Crippen molar-refractivity contribution in [2.45, 2.75) is 0 Å². The van der Waals surface area contributed by atoms with Crippen LogP contribution in [0.15, 0.2) is 101 Å². The summed E-state index contributed by atoms with van der Waals surface area (Å²) < 4.78 is 5.89. The third-order valence-corrected chi connectivity index (χ3v) is 4.50. The number of hydrogen-bond donors (Lipinski definition) is 0. The number of benzene rings is 2. The van der Waals surface area contributed by atoms with Crippen LogP contribution in [0.5, 0.6) is 0 Å². The van der Waals surface area contributed by atoms with Crippen LogP contribution in [0.4, 0.5) is 0 Å². The molecule has 138 valence electrons. The fourth-order valence-corrected chi connectivity index (χ4v) is 3.08. The van der Waals surface area contributed by atoms with E-state index in [4.69, 9.17) is 4.42 Å². The van der Waals surface area contributed by atoms with Gasteiger partial charge in [0.1, 0.15) is 11.4 Å². The first-order chi connectivity index (χ1) is 14.4. The van der Waals surface area contributed by atoms with E-state index in [1.54, 1.807) is 0 Å². The van der Waals surface area contributed by atoms with E-state index in [0.29, 0.717) is 23.2 Å². The highest BCUT2D eigenvalue weighted by atomic mass is 16.4. The highest BCUT2D eigenvalue weighted by molar-refractivity contribution is 5.64. The Hall–Kier alpha value is -4.12. The molecule has 0 saturated heterocycles. The smallest absolute Gasteiger partial charge is 0.266 e. The molecular formula is C24H16N4O. The molecule has 0 unspecified atom stereocenters. The zero-order chi connectivity index (χ0) is 19.5. The van der Waals surface area contributed by atoms with E-state index >= 15 is 0 Å². The Morgan fingerprint density at radius 2 is 0.828 bits per heavy atom. The Morgan fingerprint density at radius 1 is 0.414 bits per heavy atom. The van der Waals surface area contributed by atoms with Crippen molar-refractivity contribution in [3.05, 3.63) is 97.1 Å². The molecule has 0 fully saturated rings. The molecule has 5 aromatic rings. The Kier molecular flexibility index (Phi) is 4.39. The maximum Gasteiger partial charge on any atom is 0.266 e. The molecule has 2 aromatic carbocycles. The third kappa shape index (κ3) is 3.53. The van der Waals surface area contributed by atoms with Crippen molar-refractivity contribution < 1.29 is 4.42 Å². The van der Waals surface area contributed by atoms with Crippen LogP contribution in [0.3, 0.4) is 0 Å². The van der Waals surface area contributed by atoms with Gasteiger partial charge >= 0.3 is 0 Å². The second-order valence-electron chi connectivity index (χ2n) is 6.46. The number of nitrogens with zero attached hydrogens (tertiary/aromatic N) is 4. The van der Waals surface area contributed by atoms with Crippen LogP contribution in [-0.4, -0.2) is 20.2 Å². The molecule has 3 heterocycles. The molecule has 0 aliphatic rings. The lowest BCUT2D eigenvalue weighted by molar-refractivity contribution is 0.580. The van der Waals surface area contributed by atoms with Gasteiger partial charge in [0, 0.05) is 11.1 Å². The summed E-state index contributed by atoms with van der Waals surface area (Å²) >= 11 is 0. The molecule has 3 aromatic heterocycles. The Balaban J connectivity index is 1.48. The lowest BCUT2D eigenvalue weighted by Crippen LogP contribution is -1.87. The largest absolute Gasteiger partial charge is 0.413 e. The first kappa shape index (κ1) is 17.0. The van der Waals surface area contributed by atoms with E-state index in [1.807, 2.05) is 97.1 Å². The molecule has 0 spiro atoms. The van der Waals surface area contributed by atoms with Gasteiger partial charge in [0.25, 0.3) is 11.8 Å². The normalized spacial score (nSPS) is 10.8. The molecule has 5 rings (SSSR count). The average molecular weight is 376 g/mol. The molecule has 0 atom stereocenters. The minimum atomic E-state index is 0.365. The van der Waals surface area contributed by atoms with Crippen molar-refractivity contribution in [3.63, 3.8) is 0 Å². The van der Waals surface area contributed by atoms with Crippen LogP contribution < -0.4 is 0 Å². The van der Waals surface area contributed by atoms with E-state index in [-0.39, 0.29) is 0 Å². The monoisotopic (exact) mass is 376 g/mol. The Morgan fingerprint density at radius 3 is 1.28 bits per heavy atom. The van der Waals surface area contributed by atoms with Gasteiger partial charge in [-0.1, -0.05) is 72.8 Å². The zero-order valence-electron chi connectivity index (χ0n) is 15.4. The predicted octanol–water partition coefficient (Wildman–Crippen LogP) is 5.53. The summed E-state index contributed by atoms with van der Waals surface area (Å²) in [6.07, 6.45) is 0. The lowest BCUT2D eigenvalue weighted by atomic mass is 10.1. The van der Waals surface area contributed by atoms with E-state index < -0.39 is 0 Å². The zero-order valence-corrected chi connectivity index (χ0v) is 15.4. The van der Waals surface area contributed by atoms with Crippen LogP contribution in [0.2, 0.25) is 0 Å². The summed E-state index contributed by atoms with van der Waals surface area (Å²) in [5, 5.41) is 8.36. The Bertz CT molecular complexity index is 1150. The number of aromatic nitrogens is 4. The molecule has 0 amide bonds. The Labute approximate surface area is 167 Å². The third-order valence-electron chi connectivity index (χ3n) is 4.50. The van der Waals surface area contributed by atoms with Gasteiger partial charge in [-0.15, -0.1) is 10.2 Å². The van der Waals surface area contributed by atoms with Gasteiger partial charge < -0.3 is 4.42 Å². The standard InChI is InChI=1S/C24H16N4O/c1-3-9-17(10-4-1)19-13-7-15-21(25-19)23-27-28-24(29-23)22-16-8-14-20(26-22)18-11-5-2-6-12-18/h1-16H. The molecule has 0 aliphatic heterocycles. The molecule has 0 N–H and O–H groups in total. The highest BCUT2D eigenvalue weighted by Crippen LogP contribution is 2.26. The summed E-state index contributed by atoms with van der Waals surface area (Å²) in [5.74, 6) is 0.731. The summed E-state index contributed by atoms with van der Waals surface area (Å²) in [6.45, 7) is 0. The fourth-order valence-electron chi connectivity index (χ4n) is 3.08. The van der Waals surface area contributed by atoms with Gasteiger partial charge in [0.2, 0.25) is 0 Å². The van der Waals surface area contributed by atoms with Crippen molar-refractivity contribution in [3.8, 4) is 45.7 Å². The van der Waals surface area contributed by atoms with Crippen LogP contribution in [0.25, 0.3) is 45.7 Å². The maximum absolute atomic E-state index is 5.89. The lowest BCUT2D eigenvalue weighted by Gasteiger charge is -2.02. The highest BCUT2D eigenvalue weighted by Gasteiger charge is 2.14. The molecule has 5 nitrogen and oxygen atoms in total. The second-order valence-corrected chi connectivity index (χ2v) is 6.46. The fraction of sp³-hybridized carbons (Fsp3) is 0. The quantitative estimate of drug-likeness (QED) is 0.413. The molecule has 0 bridgehead atoms. The van der Waals surface area contributed by atoms with Gasteiger partial charge in [0.15, 0.2) is 0 Å². The summed E-state index contributed by atoms with van der Waals surface area (Å²) in [5.41, 5.74) is 5.03.